The Bertz CT molecular complexity index is 457. The molecule has 0 saturated carbocycles. The lowest BCUT2D eigenvalue weighted by atomic mass is 9.80. The van der Waals surface area contributed by atoms with Crippen LogP contribution >= 0.6 is 0 Å². The van der Waals surface area contributed by atoms with Crippen molar-refractivity contribution in [2.45, 2.75) is 32.9 Å². The number of carbonyl (C=O) groups excluding carboxylic acids is 1. The quantitative estimate of drug-likeness (QED) is 0.747. The summed E-state index contributed by atoms with van der Waals surface area (Å²) in [5.41, 5.74) is 6.06. The molecular weight excluding hydrogens is 244 g/mol. The predicted octanol–water partition coefficient (Wildman–Crippen LogP) is 1.30. The molecule has 0 bridgehead atoms. The van der Waals surface area contributed by atoms with Crippen molar-refractivity contribution in [3.8, 4) is 0 Å². The Labute approximate surface area is 112 Å². The topological polar surface area (TPSA) is 92.4 Å². The molecular formula is C14H20N2O3. The summed E-state index contributed by atoms with van der Waals surface area (Å²) in [6.07, 6.45) is 0. The number of nitrogens with one attached hydrogen (secondary N) is 1. The third kappa shape index (κ3) is 3.54. The van der Waals surface area contributed by atoms with E-state index < -0.39 is 23.5 Å². The average Bonchev–Trinajstić information content (AvgIpc) is 2.38. The lowest BCUT2D eigenvalue weighted by Crippen LogP contribution is -2.49. The van der Waals surface area contributed by atoms with E-state index >= 15 is 0 Å². The van der Waals surface area contributed by atoms with E-state index in [1.54, 1.807) is 13.8 Å². The first kappa shape index (κ1) is 15.2. The Balaban J connectivity index is 2.85. The van der Waals surface area contributed by atoms with Gasteiger partial charge in [-0.15, -0.1) is 0 Å². The van der Waals surface area contributed by atoms with Crippen LogP contribution < -0.4 is 11.1 Å². The second-order valence-electron chi connectivity index (χ2n) is 5.14. The number of carbonyl (C=O) groups is 2. The standard InChI is InChI=1S/C14H20N2O3/c1-9(12(17)18)16-13(19)14(2,3)11(15)10-7-5-4-6-8-10/h4-9,11H,15H2,1-3H3,(H,16,19)(H,17,18)/t9-,11?/m0/s1. The number of rotatable bonds is 5. The van der Waals surface area contributed by atoms with Crippen molar-refractivity contribution >= 4 is 11.9 Å². The van der Waals surface area contributed by atoms with Crippen LogP contribution in [0.3, 0.4) is 0 Å². The van der Waals surface area contributed by atoms with Crippen LogP contribution in [0.5, 0.6) is 0 Å². The van der Waals surface area contributed by atoms with Gasteiger partial charge in [-0.3, -0.25) is 9.59 Å². The zero-order valence-corrected chi connectivity index (χ0v) is 11.4. The van der Waals surface area contributed by atoms with Crippen LogP contribution in [0.15, 0.2) is 30.3 Å². The summed E-state index contributed by atoms with van der Waals surface area (Å²) in [4.78, 5) is 22.9. The van der Waals surface area contributed by atoms with Gasteiger partial charge in [0.05, 0.1) is 5.41 Å². The van der Waals surface area contributed by atoms with E-state index in [4.69, 9.17) is 10.8 Å². The molecule has 1 unspecified atom stereocenters. The van der Waals surface area contributed by atoms with Gasteiger partial charge in [0.15, 0.2) is 0 Å². The SMILES string of the molecule is C[C@H](NC(=O)C(C)(C)C(N)c1ccccc1)C(=O)O. The summed E-state index contributed by atoms with van der Waals surface area (Å²) in [5, 5.41) is 11.3. The van der Waals surface area contributed by atoms with Crippen molar-refractivity contribution in [3.05, 3.63) is 35.9 Å². The van der Waals surface area contributed by atoms with Crippen molar-refractivity contribution < 1.29 is 14.7 Å². The fourth-order valence-corrected chi connectivity index (χ4v) is 1.66. The first-order valence-electron chi connectivity index (χ1n) is 6.11. The minimum atomic E-state index is -1.07. The Hall–Kier alpha value is -1.88. The summed E-state index contributed by atoms with van der Waals surface area (Å²) in [6, 6.07) is 7.83. The van der Waals surface area contributed by atoms with E-state index in [0.29, 0.717) is 0 Å². The molecule has 1 rings (SSSR count). The molecule has 0 aliphatic rings. The Morgan fingerprint density at radius 1 is 1.26 bits per heavy atom. The highest BCUT2D eigenvalue weighted by Gasteiger charge is 2.36. The second-order valence-corrected chi connectivity index (χ2v) is 5.14. The molecule has 1 aromatic rings. The average molecular weight is 264 g/mol. The van der Waals surface area contributed by atoms with Gasteiger partial charge in [-0.1, -0.05) is 30.3 Å². The largest absolute Gasteiger partial charge is 0.480 e. The monoisotopic (exact) mass is 264 g/mol. The molecule has 1 aromatic carbocycles. The maximum Gasteiger partial charge on any atom is 0.325 e. The summed E-state index contributed by atoms with van der Waals surface area (Å²) >= 11 is 0. The fourth-order valence-electron chi connectivity index (χ4n) is 1.66. The van der Waals surface area contributed by atoms with Crippen LogP contribution in [0.4, 0.5) is 0 Å². The molecule has 0 aromatic heterocycles. The number of hydrogen-bond donors (Lipinski definition) is 3. The van der Waals surface area contributed by atoms with Crippen LogP contribution in [-0.2, 0) is 9.59 Å². The molecule has 0 saturated heterocycles. The number of amides is 1. The maximum atomic E-state index is 12.1. The van der Waals surface area contributed by atoms with Crippen LogP contribution in [0, 0.1) is 5.41 Å². The van der Waals surface area contributed by atoms with Crippen molar-refractivity contribution in [3.63, 3.8) is 0 Å². The minimum Gasteiger partial charge on any atom is -0.480 e. The van der Waals surface area contributed by atoms with E-state index in [1.165, 1.54) is 6.92 Å². The van der Waals surface area contributed by atoms with Gasteiger partial charge in [-0.2, -0.15) is 0 Å². The van der Waals surface area contributed by atoms with Gasteiger partial charge < -0.3 is 16.2 Å². The molecule has 0 fully saturated rings. The molecule has 5 heteroatoms. The number of carboxylic acids is 1. The lowest BCUT2D eigenvalue weighted by molar-refractivity contribution is -0.143. The van der Waals surface area contributed by atoms with E-state index in [2.05, 4.69) is 5.32 Å². The Morgan fingerprint density at radius 3 is 2.26 bits per heavy atom. The molecule has 1 amide bonds. The van der Waals surface area contributed by atoms with Gasteiger partial charge in [0.25, 0.3) is 0 Å². The van der Waals surface area contributed by atoms with Crippen LogP contribution in [0.1, 0.15) is 32.4 Å². The Morgan fingerprint density at radius 2 is 1.79 bits per heavy atom. The van der Waals surface area contributed by atoms with Gasteiger partial charge in [-0.25, -0.2) is 0 Å². The fraction of sp³-hybridized carbons (Fsp3) is 0.429. The van der Waals surface area contributed by atoms with Gasteiger partial charge in [0.1, 0.15) is 6.04 Å². The molecule has 4 N–H and O–H groups in total. The number of carboxylic acid groups (broad SMARTS) is 1. The second kappa shape index (κ2) is 5.84. The molecule has 5 nitrogen and oxygen atoms in total. The van der Waals surface area contributed by atoms with E-state index in [9.17, 15) is 9.59 Å². The van der Waals surface area contributed by atoms with E-state index in [1.807, 2.05) is 30.3 Å². The van der Waals surface area contributed by atoms with E-state index in [-0.39, 0.29) is 5.91 Å². The zero-order chi connectivity index (χ0) is 14.6. The number of benzene rings is 1. The smallest absolute Gasteiger partial charge is 0.325 e. The molecule has 0 aliphatic carbocycles. The first-order valence-corrected chi connectivity index (χ1v) is 6.11. The summed E-state index contributed by atoms with van der Waals surface area (Å²) in [6.45, 7) is 4.83. The van der Waals surface area contributed by atoms with Crippen molar-refractivity contribution in [1.29, 1.82) is 0 Å². The maximum absolute atomic E-state index is 12.1. The highest BCUT2D eigenvalue weighted by Crippen LogP contribution is 2.31. The molecule has 0 spiro atoms. The third-order valence-electron chi connectivity index (χ3n) is 3.24. The third-order valence-corrected chi connectivity index (χ3v) is 3.24. The molecule has 0 heterocycles. The molecule has 2 atom stereocenters. The van der Waals surface area contributed by atoms with Crippen LogP contribution in [-0.4, -0.2) is 23.0 Å². The van der Waals surface area contributed by atoms with Crippen molar-refractivity contribution in [2.75, 3.05) is 0 Å². The van der Waals surface area contributed by atoms with Crippen molar-refractivity contribution in [1.82, 2.24) is 5.32 Å². The summed E-state index contributed by atoms with van der Waals surface area (Å²) < 4.78 is 0. The summed E-state index contributed by atoms with van der Waals surface area (Å²) in [5.74, 6) is -1.45. The predicted molar refractivity (Wildman–Crippen MR) is 72.4 cm³/mol. The van der Waals surface area contributed by atoms with Gasteiger partial charge in [0, 0.05) is 6.04 Å². The number of nitrogens with two attached hydrogens (primary N) is 1. The van der Waals surface area contributed by atoms with Gasteiger partial charge in [-0.05, 0) is 26.3 Å². The van der Waals surface area contributed by atoms with E-state index in [0.717, 1.165) is 5.56 Å². The molecule has 104 valence electrons. The number of aliphatic carboxylic acids is 1. The number of hydrogen-bond acceptors (Lipinski definition) is 3. The summed E-state index contributed by atoms with van der Waals surface area (Å²) in [7, 11) is 0. The van der Waals surface area contributed by atoms with Crippen LogP contribution in [0.2, 0.25) is 0 Å². The minimum absolute atomic E-state index is 0.376. The molecule has 0 radical (unpaired) electrons. The van der Waals surface area contributed by atoms with Crippen LogP contribution in [0.25, 0.3) is 0 Å². The zero-order valence-electron chi connectivity index (χ0n) is 11.4. The Kier molecular flexibility index (Phi) is 4.67. The van der Waals surface area contributed by atoms with Gasteiger partial charge >= 0.3 is 5.97 Å². The molecule has 0 aliphatic heterocycles. The molecule has 19 heavy (non-hydrogen) atoms. The first-order chi connectivity index (χ1) is 8.76. The highest BCUT2D eigenvalue weighted by atomic mass is 16.4. The van der Waals surface area contributed by atoms with Gasteiger partial charge in [0.2, 0.25) is 5.91 Å². The highest BCUT2D eigenvalue weighted by molar-refractivity contribution is 5.87. The lowest BCUT2D eigenvalue weighted by Gasteiger charge is -2.31. The van der Waals surface area contributed by atoms with Crippen molar-refractivity contribution in [2.24, 2.45) is 11.1 Å². The normalized spacial score (nSPS) is 14.5.